The van der Waals surface area contributed by atoms with Gasteiger partial charge in [-0.2, -0.15) is 5.10 Å². The SMILES string of the molecule is CCc1nc(CC)n(Cc2ccccc2C(=N)N)n1. The molecule has 0 aliphatic rings. The summed E-state index contributed by atoms with van der Waals surface area (Å²) in [6.45, 7) is 4.71. The molecule has 1 heterocycles. The molecule has 0 spiro atoms. The summed E-state index contributed by atoms with van der Waals surface area (Å²) in [5.41, 5.74) is 7.37. The third-order valence-corrected chi connectivity index (χ3v) is 3.05. The van der Waals surface area contributed by atoms with Crippen molar-refractivity contribution in [3.8, 4) is 0 Å². The van der Waals surface area contributed by atoms with E-state index < -0.39 is 0 Å². The first-order valence-electron chi connectivity index (χ1n) is 6.50. The third-order valence-electron chi connectivity index (χ3n) is 3.05. The Morgan fingerprint density at radius 1 is 1.26 bits per heavy atom. The Labute approximate surface area is 113 Å². The van der Waals surface area contributed by atoms with Crippen LogP contribution in [0.5, 0.6) is 0 Å². The van der Waals surface area contributed by atoms with Crippen LogP contribution in [0.1, 0.15) is 36.6 Å². The molecular formula is C14H19N5. The Hall–Kier alpha value is -2.17. The van der Waals surface area contributed by atoms with E-state index in [-0.39, 0.29) is 5.84 Å². The lowest BCUT2D eigenvalue weighted by molar-refractivity contribution is 0.636. The summed E-state index contributed by atoms with van der Waals surface area (Å²) < 4.78 is 1.90. The molecule has 0 aliphatic carbocycles. The highest BCUT2D eigenvalue weighted by Gasteiger charge is 2.10. The fourth-order valence-electron chi connectivity index (χ4n) is 2.05. The number of nitrogens with two attached hydrogens (primary N) is 1. The van der Waals surface area contributed by atoms with Gasteiger partial charge in [-0.1, -0.05) is 38.1 Å². The lowest BCUT2D eigenvalue weighted by Crippen LogP contribution is -2.16. The summed E-state index contributed by atoms with van der Waals surface area (Å²) >= 11 is 0. The average Bonchev–Trinajstić information content (AvgIpc) is 2.81. The molecule has 1 aromatic heterocycles. The largest absolute Gasteiger partial charge is 0.384 e. The molecule has 0 unspecified atom stereocenters. The van der Waals surface area contributed by atoms with Gasteiger partial charge in [0.15, 0.2) is 5.82 Å². The maximum atomic E-state index is 7.61. The standard InChI is InChI=1S/C14H19N5/c1-3-12-17-13(4-2)19(18-12)9-10-7-5-6-8-11(10)14(15)16/h5-8H,3-4,9H2,1-2H3,(H3,15,16). The molecule has 0 aliphatic heterocycles. The predicted molar refractivity (Wildman–Crippen MR) is 75.3 cm³/mol. The van der Waals surface area contributed by atoms with Crippen LogP contribution in [-0.2, 0) is 19.4 Å². The van der Waals surface area contributed by atoms with Crippen LogP contribution in [0.15, 0.2) is 24.3 Å². The van der Waals surface area contributed by atoms with Gasteiger partial charge in [0, 0.05) is 18.4 Å². The fraction of sp³-hybridized carbons (Fsp3) is 0.357. The third kappa shape index (κ3) is 2.81. The van der Waals surface area contributed by atoms with Crippen LogP contribution in [0.4, 0.5) is 0 Å². The molecule has 19 heavy (non-hydrogen) atoms. The van der Waals surface area contributed by atoms with Crippen LogP contribution in [0, 0.1) is 5.41 Å². The molecule has 0 bridgehead atoms. The van der Waals surface area contributed by atoms with Crippen molar-refractivity contribution in [3.05, 3.63) is 47.0 Å². The van der Waals surface area contributed by atoms with Crippen molar-refractivity contribution < 1.29 is 0 Å². The van der Waals surface area contributed by atoms with Gasteiger partial charge in [-0.3, -0.25) is 5.41 Å². The highest BCUT2D eigenvalue weighted by molar-refractivity contribution is 5.96. The lowest BCUT2D eigenvalue weighted by Gasteiger charge is -2.09. The van der Waals surface area contributed by atoms with E-state index in [4.69, 9.17) is 11.1 Å². The highest BCUT2D eigenvalue weighted by atomic mass is 15.3. The van der Waals surface area contributed by atoms with Gasteiger partial charge in [0.25, 0.3) is 0 Å². The summed E-state index contributed by atoms with van der Waals surface area (Å²) in [4.78, 5) is 4.48. The summed E-state index contributed by atoms with van der Waals surface area (Å²) in [6, 6.07) is 7.68. The van der Waals surface area contributed by atoms with Gasteiger partial charge < -0.3 is 5.73 Å². The first-order valence-corrected chi connectivity index (χ1v) is 6.50. The van der Waals surface area contributed by atoms with Gasteiger partial charge in [0.05, 0.1) is 6.54 Å². The van der Waals surface area contributed by atoms with Gasteiger partial charge in [-0.15, -0.1) is 0 Å². The molecule has 1 aromatic carbocycles. The summed E-state index contributed by atoms with van der Waals surface area (Å²) in [5.74, 6) is 1.91. The van der Waals surface area contributed by atoms with Crippen LogP contribution in [-0.4, -0.2) is 20.6 Å². The van der Waals surface area contributed by atoms with Crippen LogP contribution < -0.4 is 5.73 Å². The smallest absolute Gasteiger partial charge is 0.150 e. The molecule has 100 valence electrons. The Kier molecular flexibility index (Phi) is 3.94. The molecule has 3 N–H and O–H groups in total. The number of aromatic nitrogens is 3. The number of aryl methyl sites for hydroxylation is 2. The first-order chi connectivity index (χ1) is 9.15. The van der Waals surface area contributed by atoms with Gasteiger partial charge in [-0.05, 0) is 5.56 Å². The van der Waals surface area contributed by atoms with Gasteiger partial charge >= 0.3 is 0 Å². The van der Waals surface area contributed by atoms with Crippen molar-refractivity contribution >= 4 is 5.84 Å². The van der Waals surface area contributed by atoms with Crippen LogP contribution >= 0.6 is 0 Å². The minimum absolute atomic E-state index is 0.0875. The zero-order valence-electron chi connectivity index (χ0n) is 11.3. The lowest BCUT2D eigenvalue weighted by atomic mass is 10.1. The van der Waals surface area contributed by atoms with E-state index in [2.05, 4.69) is 17.0 Å². The highest BCUT2D eigenvalue weighted by Crippen LogP contribution is 2.11. The summed E-state index contributed by atoms with van der Waals surface area (Å²) in [5, 5.41) is 12.1. The molecule has 0 radical (unpaired) electrons. The van der Waals surface area contributed by atoms with Crippen LogP contribution in [0.2, 0.25) is 0 Å². The maximum Gasteiger partial charge on any atom is 0.150 e. The molecule has 5 heteroatoms. The molecular weight excluding hydrogens is 238 g/mol. The number of benzene rings is 1. The van der Waals surface area contributed by atoms with E-state index in [1.807, 2.05) is 35.9 Å². The Morgan fingerprint density at radius 3 is 2.63 bits per heavy atom. The average molecular weight is 257 g/mol. The second kappa shape index (κ2) is 5.65. The minimum atomic E-state index is 0.0875. The second-order valence-electron chi connectivity index (χ2n) is 4.38. The number of amidine groups is 1. The number of nitrogens with zero attached hydrogens (tertiary/aromatic N) is 3. The van der Waals surface area contributed by atoms with E-state index in [9.17, 15) is 0 Å². The Bertz CT molecular complexity index is 585. The molecule has 0 fully saturated rings. The normalized spacial score (nSPS) is 10.6. The topological polar surface area (TPSA) is 80.6 Å². The van der Waals surface area contributed by atoms with E-state index in [0.717, 1.165) is 35.6 Å². The Morgan fingerprint density at radius 2 is 2.00 bits per heavy atom. The van der Waals surface area contributed by atoms with Gasteiger partial charge in [0.2, 0.25) is 0 Å². The van der Waals surface area contributed by atoms with Gasteiger partial charge in [-0.25, -0.2) is 9.67 Å². The molecule has 0 saturated heterocycles. The molecule has 0 saturated carbocycles. The van der Waals surface area contributed by atoms with E-state index in [0.29, 0.717) is 6.54 Å². The summed E-state index contributed by atoms with van der Waals surface area (Å²) in [7, 11) is 0. The van der Waals surface area contributed by atoms with Crippen molar-refractivity contribution in [1.82, 2.24) is 14.8 Å². The monoisotopic (exact) mass is 257 g/mol. The number of rotatable bonds is 5. The van der Waals surface area contributed by atoms with Crippen molar-refractivity contribution in [2.45, 2.75) is 33.2 Å². The van der Waals surface area contributed by atoms with E-state index >= 15 is 0 Å². The van der Waals surface area contributed by atoms with Crippen molar-refractivity contribution in [2.75, 3.05) is 0 Å². The van der Waals surface area contributed by atoms with Crippen LogP contribution in [0.3, 0.4) is 0 Å². The first kappa shape index (κ1) is 13.3. The number of nitrogens with one attached hydrogen (secondary N) is 1. The molecule has 2 rings (SSSR count). The number of nitrogen functional groups attached to an aromatic ring is 1. The van der Waals surface area contributed by atoms with E-state index in [1.165, 1.54) is 0 Å². The zero-order chi connectivity index (χ0) is 13.8. The number of hydrogen-bond donors (Lipinski definition) is 2. The number of hydrogen-bond acceptors (Lipinski definition) is 3. The van der Waals surface area contributed by atoms with Crippen molar-refractivity contribution in [2.24, 2.45) is 5.73 Å². The Balaban J connectivity index is 2.35. The molecule has 5 nitrogen and oxygen atoms in total. The summed E-state index contributed by atoms with van der Waals surface area (Å²) in [6.07, 6.45) is 1.67. The molecule has 0 atom stereocenters. The maximum absolute atomic E-state index is 7.61. The molecule has 2 aromatic rings. The fourth-order valence-corrected chi connectivity index (χ4v) is 2.05. The van der Waals surface area contributed by atoms with E-state index in [1.54, 1.807) is 0 Å². The zero-order valence-corrected chi connectivity index (χ0v) is 11.3. The molecule has 0 amide bonds. The van der Waals surface area contributed by atoms with Crippen molar-refractivity contribution in [3.63, 3.8) is 0 Å². The second-order valence-corrected chi connectivity index (χ2v) is 4.38. The predicted octanol–water partition coefficient (Wildman–Crippen LogP) is 1.74. The minimum Gasteiger partial charge on any atom is -0.384 e. The van der Waals surface area contributed by atoms with Gasteiger partial charge in [0.1, 0.15) is 11.7 Å². The van der Waals surface area contributed by atoms with Crippen LogP contribution in [0.25, 0.3) is 0 Å². The quantitative estimate of drug-likeness (QED) is 0.632. The van der Waals surface area contributed by atoms with Crippen molar-refractivity contribution in [1.29, 1.82) is 5.41 Å².